The highest BCUT2D eigenvalue weighted by Gasteiger charge is 2.31. The van der Waals surface area contributed by atoms with Crippen molar-refractivity contribution in [2.75, 3.05) is 6.54 Å². The van der Waals surface area contributed by atoms with Gasteiger partial charge in [0.05, 0.1) is 14.8 Å². The van der Waals surface area contributed by atoms with Crippen LogP contribution in [0.3, 0.4) is 0 Å². The molecule has 4 nitrogen and oxygen atoms in total. The van der Waals surface area contributed by atoms with E-state index in [2.05, 4.69) is 21.2 Å². The van der Waals surface area contributed by atoms with Crippen LogP contribution in [0, 0.1) is 5.41 Å². The van der Waals surface area contributed by atoms with Crippen LogP contribution in [0.4, 0.5) is 0 Å². The maximum absolute atomic E-state index is 11.7. The zero-order valence-corrected chi connectivity index (χ0v) is 12.0. The number of carboxylic acids is 1. The standard InChI is InChI=1S/C11H14BrNO3S/c1-3-11(2,10(15)16)6-13-9(14)7-4-8(12)17-5-7/h4-5H,3,6H2,1-2H3,(H,13,14)(H,15,16). The Morgan fingerprint density at radius 2 is 2.24 bits per heavy atom. The SMILES string of the molecule is CCC(C)(CNC(=O)c1csc(Br)c1)C(=O)O. The van der Waals surface area contributed by atoms with Gasteiger partial charge in [0.1, 0.15) is 0 Å². The fourth-order valence-corrected chi connectivity index (χ4v) is 2.30. The van der Waals surface area contributed by atoms with Gasteiger partial charge < -0.3 is 10.4 Å². The van der Waals surface area contributed by atoms with Crippen LogP contribution in [0.15, 0.2) is 15.2 Å². The van der Waals surface area contributed by atoms with Gasteiger partial charge in [-0.3, -0.25) is 9.59 Å². The van der Waals surface area contributed by atoms with Gasteiger partial charge in [0.2, 0.25) is 0 Å². The molecule has 0 spiro atoms. The number of hydrogen-bond donors (Lipinski definition) is 2. The summed E-state index contributed by atoms with van der Waals surface area (Å²) in [5.74, 6) is -1.14. The van der Waals surface area contributed by atoms with Gasteiger partial charge in [0, 0.05) is 11.9 Å². The van der Waals surface area contributed by atoms with Crippen LogP contribution < -0.4 is 5.32 Å². The molecule has 0 aliphatic heterocycles. The number of thiophene rings is 1. The van der Waals surface area contributed by atoms with Crippen molar-refractivity contribution in [1.29, 1.82) is 0 Å². The lowest BCUT2D eigenvalue weighted by molar-refractivity contribution is -0.147. The van der Waals surface area contributed by atoms with Crippen LogP contribution in [-0.4, -0.2) is 23.5 Å². The molecule has 0 saturated heterocycles. The van der Waals surface area contributed by atoms with E-state index in [0.29, 0.717) is 12.0 Å². The van der Waals surface area contributed by atoms with Crippen LogP contribution >= 0.6 is 27.3 Å². The van der Waals surface area contributed by atoms with Crippen LogP contribution in [-0.2, 0) is 4.79 Å². The van der Waals surface area contributed by atoms with E-state index < -0.39 is 11.4 Å². The van der Waals surface area contributed by atoms with Crippen LogP contribution in [0.5, 0.6) is 0 Å². The van der Waals surface area contributed by atoms with E-state index in [4.69, 9.17) is 5.11 Å². The Labute approximate surface area is 112 Å². The van der Waals surface area contributed by atoms with Crippen molar-refractivity contribution >= 4 is 39.1 Å². The molecule has 1 atom stereocenters. The van der Waals surface area contributed by atoms with Crippen molar-refractivity contribution in [3.05, 3.63) is 20.8 Å². The van der Waals surface area contributed by atoms with Gasteiger partial charge in [0.15, 0.2) is 0 Å². The topological polar surface area (TPSA) is 66.4 Å². The van der Waals surface area contributed by atoms with Crippen molar-refractivity contribution in [3.63, 3.8) is 0 Å². The zero-order chi connectivity index (χ0) is 13.1. The van der Waals surface area contributed by atoms with Crippen molar-refractivity contribution in [3.8, 4) is 0 Å². The summed E-state index contributed by atoms with van der Waals surface area (Å²) in [6.45, 7) is 3.55. The third-order valence-electron chi connectivity index (χ3n) is 2.77. The maximum Gasteiger partial charge on any atom is 0.311 e. The summed E-state index contributed by atoms with van der Waals surface area (Å²) in [5, 5.41) is 13.4. The summed E-state index contributed by atoms with van der Waals surface area (Å²) in [6.07, 6.45) is 0.468. The Hall–Kier alpha value is -0.880. The Morgan fingerprint density at radius 1 is 1.59 bits per heavy atom. The Balaban J connectivity index is 2.62. The van der Waals surface area contributed by atoms with Crippen LogP contribution in [0.1, 0.15) is 30.6 Å². The molecule has 94 valence electrons. The van der Waals surface area contributed by atoms with Crippen molar-refractivity contribution in [2.24, 2.45) is 5.41 Å². The number of halogens is 1. The number of rotatable bonds is 5. The quantitative estimate of drug-likeness (QED) is 0.877. The maximum atomic E-state index is 11.7. The minimum atomic E-state index is -0.914. The highest BCUT2D eigenvalue weighted by molar-refractivity contribution is 9.11. The molecule has 1 aromatic rings. The molecule has 0 saturated carbocycles. The smallest absolute Gasteiger partial charge is 0.311 e. The summed E-state index contributed by atoms with van der Waals surface area (Å²) in [5.41, 5.74) is -0.367. The molecule has 0 radical (unpaired) electrons. The number of nitrogens with one attached hydrogen (secondary N) is 1. The minimum absolute atomic E-state index is 0.130. The first-order valence-electron chi connectivity index (χ1n) is 5.14. The molecule has 1 heterocycles. The van der Waals surface area contributed by atoms with Gasteiger partial charge in [-0.15, -0.1) is 11.3 Å². The van der Waals surface area contributed by atoms with Gasteiger partial charge in [0.25, 0.3) is 5.91 Å². The number of carboxylic acid groups (broad SMARTS) is 1. The zero-order valence-electron chi connectivity index (χ0n) is 9.62. The number of amides is 1. The van der Waals surface area contributed by atoms with E-state index in [1.807, 2.05) is 0 Å². The summed E-state index contributed by atoms with van der Waals surface area (Å²) < 4.78 is 0.874. The molecule has 17 heavy (non-hydrogen) atoms. The molecule has 0 aliphatic carbocycles. The molecular weight excluding hydrogens is 306 g/mol. The molecule has 0 aromatic carbocycles. The van der Waals surface area contributed by atoms with E-state index in [0.717, 1.165) is 3.79 Å². The average Bonchev–Trinajstić information content (AvgIpc) is 2.72. The third-order valence-corrected chi connectivity index (χ3v) is 4.27. The fourth-order valence-electron chi connectivity index (χ4n) is 1.16. The first-order chi connectivity index (χ1) is 7.89. The first-order valence-corrected chi connectivity index (χ1v) is 6.82. The van der Waals surface area contributed by atoms with Crippen molar-refractivity contribution in [1.82, 2.24) is 5.32 Å². The molecule has 0 fully saturated rings. The molecule has 1 unspecified atom stereocenters. The first kappa shape index (κ1) is 14.2. The van der Waals surface area contributed by atoms with Crippen LogP contribution in [0.25, 0.3) is 0 Å². The molecular formula is C11H14BrNO3S. The number of carbonyl (C=O) groups is 2. The van der Waals surface area contributed by atoms with E-state index >= 15 is 0 Å². The predicted octanol–water partition coefficient (Wildman–Crippen LogP) is 2.74. The fraction of sp³-hybridized carbons (Fsp3) is 0.455. The van der Waals surface area contributed by atoms with E-state index in [1.165, 1.54) is 11.3 Å². The monoisotopic (exact) mass is 319 g/mol. The molecule has 1 amide bonds. The summed E-state index contributed by atoms with van der Waals surface area (Å²) in [6, 6.07) is 1.71. The molecule has 6 heteroatoms. The van der Waals surface area contributed by atoms with E-state index in [1.54, 1.807) is 25.3 Å². The lowest BCUT2D eigenvalue weighted by Gasteiger charge is -2.22. The Bertz CT molecular complexity index is 432. The second kappa shape index (κ2) is 5.64. The second-order valence-corrected chi connectivity index (χ2v) is 6.33. The summed E-state index contributed by atoms with van der Waals surface area (Å²) >= 11 is 4.69. The minimum Gasteiger partial charge on any atom is -0.481 e. The van der Waals surface area contributed by atoms with Gasteiger partial charge in [-0.1, -0.05) is 6.92 Å². The van der Waals surface area contributed by atoms with Crippen molar-refractivity contribution < 1.29 is 14.7 Å². The van der Waals surface area contributed by atoms with Gasteiger partial charge in [-0.25, -0.2) is 0 Å². The molecule has 2 N–H and O–H groups in total. The number of hydrogen-bond acceptors (Lipinski definition) is 3. The normalized spacial score (nSPS) is 14.1. The lowest BCUT2D eigenvalue weighted by atomic mass is 9.87. The van der Waals surface area contributed by atoms with E-state index in [9.17, 15) is 9.59 Å². The molecule has 1 aromatic heterocycles. The van der Waals surface area contributed by atoms with Crippen LogP contribution in [0.2, 0.25) is 0 Å². The Kier molecular flexibility index (Phi) is 4.70. The lowest BCUT2D eigenvalue weighted by Crippen LogP contribution is -2.40. The molecule has 0 bridgehead atoms. The molecule has 0 aliphatic rings. The Morgan fingerprint density at radius 3 is 2.65 bits per heavy atom. The summed E-state index contributed by atoms with van der Waals surface area (Å²) in [4.78, 5) is 22.8. The second-order valence-electron chi connectivity index (χ2n) is 4.04. The highest BCUT2D eigenvalue weighted by atomic mass is 79.9. The highest BCUT2D eigenvalue weighted by Crippen LogP contribution is 2.22. The molecule has 1 rings (SSSR count). The number of carbonyl (C=O) groups excluding carboxylic acids is 1. The van der Waals surface area contributed by atoms with E-state index in [-0.39, 0.29) is 12.5 Å². The van der Waals surface area contributed by atoms with Gasteiger partial charge >= 0.3 is 5.97 Å². The van der Waals surface area contributed by atoms with Crippen molar-refractivity contribution in [2.45, 2.75) is 20.3 Å². The van der Waals surface area contributed by atoms with Gasteiger partial charge in [-0.2, -0.15) is 0 Å². The summed E-state index contributed by atoms with van der Waals surface area (Å²) in [7, 11) is 0. The largest absolute Gasteiger partial charge is 0.481 e. The third kappa shape index (κ3) is 3.54. The predicted molar refractivity (Wildman–Crippen MR) is 70.4 cm³/mol. The van der Waals surface area contributed by atoms with Gasteiger partial charge in [-0.05, 0) is 35.3 Å². The number of aliphatic carboxylic acids is 1. The average molecular weight is 320 g/mol.